The van der Waals surface area contributed by atoms with Crippen molar-refractivity contribution in [2.45, 2.75) is 119 Å². The van der Waals surface area contributed by atoms with Crippen LogP contribution in [0.4, 0.5) is 0 Å². The molecule has 0 aromatic carbocycles. The number of aliphatic hydroxyl groups is 2. The average molecular weight is 583 g/mol. The standard InChI is InChI=1S/C40H54O3/c1-28(17-13-18-30(3)21-22-35-32(5)23-33(41)25-38(35,6)7)15-11-12-16-29(2)19-14-20-31(4)36-24-37-39(8,9)26-34(42)27-40(37,10)43-36/h11-20,24,33-34,36,41-42H,23,25-27H2,1-10H3. The molecule has 0 radical (unpaired) electrons. The molecule has 0 aromatic rings. The van der Waals surface area contributed by atoms with Crippen LogP contribution in [0.25, 0.3) is 0 Å². The van der Waals surface area contributed by atoms with Crippen LogP contribution >= 0.6 is 0 Å². The van der Waals surface area contributed by atoms with Gasteiger partial charge in [-0.25, -0.2) is 0 Å². The molecular formula is C40H54O3. The van der Waals surface area contributed by atoms with E-state index in [0.717, 1.165) is 41.6 Å². The normalized spacial score (nSPS) is 30.2. The first-order chi connectivity index (χ1) is 20.0. The zero-order valence-corrected chi connectivity index (χ0v) is 28.2. The highest BCUT2D eigenvalue weighted by atomic mass is 16.5. The van der Waals surface area contributed by atoms with Crippen LogP contribution in [0.15, 0.2) is 106 Å². The predicted octanol–water partition coefficient (Wildman–Crippen LogP) is 9.21. The van der Waals surface area contributed by atoms with Crippen molar-refractivity contribution < 1.29 is 14.9 Å². The summed E-state index contributed by atoms with van der Waals surface area (Å²) >= 11 is 0. The van der Waals surface area contributed by atoms with E-state index in [2.05, 4.69) is 129 Å². The summed E-state index contributed by atoms with van der Waals surface area (Å²) in [5, 5.41) is 20.5. The van der Waals surface area contributed by atoms with Crippen LogP contribution in [0.3, 0.4) is 0 Å². The Hall–Kier alpha value is -2.90. The molecule has 1 heterocycles. The van der Waals surface area contributed by atoms with E-state index in [-0.39, 0.29) is 34.7 Å². The Bertz CT molecular complexity index is 1390. The molecule has 1 fully saturated rings. The van der Waals surface area contributed by atoms with Crippen LogP contribution in [0, 0.1) is 22.7 Å². The number of hydrogen-bond acceptors (Lipinski definition) is 3. The zero-order valence-electron chi connectivity index (χ0n) is 28.2. The van der Waals surface area contributed by atoms with Crippen LogP contribution in [-0.4, -0.2) is 34.1 Å². The topological polar surface area (TPSA) is 49.7 Å². The lowest BCUT2D eigenvalue weighted by molar-refractivity contribution is -0.0683. The molecule has 232 valence electrons. The molecule has 0 amide bonds. The van der Waals surface area contributed by atoms with Gasteiger partial charge in [0, 0.05) is 17.4 Å². The van der Waals surface area contributed by atoms with E-state index >= 15 is 0 Å². The van der Waals surface area contributed by atoms with Crippen LogP contribution < -0.4 is 0 Å². The van der Waals surface area contributed by atoms with E-state index in [4.69, 9.17) is 4.74 Å². The van der Waals surface area contributed by atoms with E-state index in [1.165, 1.54) is 16.7 Å². The molecule has 2 N–H and O–H groups in total. The van der Waals surface area contributed by atoms with Gasteiger partial charge in [-0.05, 0) is 89.0 Å². The Morgan fingerprint density at radius 2 is 1.37 bits per heavy atom. The minimum absolute atomic E-state index is 0.0498. The lowest BCUT2D eigenvalue weighted by Crippen LogP contribution is -2.45. The number of ether oxygens (including phenoxy) is 1. The van der Waals surface area contributed by atoms with Gasteiger partial charge in [-0.15, -0.1) is 0 Å². The fraction of sp³-hybridized carbons (Fsp3) is 0.500. The van der Waals surface area contributed by atoms with Crippen LogP contribution in [0.2, 0.25) is 0 Å². The molecule has 0 aromatic heterocycles. The van der Waals surface area contributed by atoms with Gasteiger partial charge >= 0.3 is 0 Å². The van der Waals surface area contributed by atoms with Crippen LogP contribution in [0.1, 0.15) is 94.9 Å². The first-order valence-corrected chi connectivity index (χ1v) is 15.7. The molecule has 4 atom stereocenters. The van der Waals surface area contributed by atoms with Crippen molar-refractivity contribution in [1.82, 2.24) is 0 Å². The zero-order chi connectivity index (χ0) is 32.0. The van der Waals surface area contributed by atoms with Gasteiger partial charge in [0.2, 0.25) is 0 Å². The molecule has 4 unspecified atom stereocenters. The van der Waals surface area contributed by atoms with E-state index in [0.29, 0.717) is 6.42 Å². The molecule has 0 spiro atoms. The second kappa shape index (κ2) is 14.3. The Morgan fingerprint density at radius 3 is 1.98 bits per heavy atom. The van der Waals surface area contributed by atoms with Gasteiger partial charge in [-0.3, -0.25) is 0 Å². The molecule has 1 saturated carbocycles. The summed E-state index contributed by atoms with van der Waals surface area (Å²) in [6.45, 7) is 21.3. The van der Waals surface area contributed by atoms with E-state index in [1.807, 2.05) is 19.1 Å². The van der Waals surface area contributed by atoms with Crippen molar-refractivity contribution in [3.05, 3.63) is 106 Å². The molecule has 0 bridgehead atoms. The molecular weight excluding hydrogens is 528 g/mol. The van der Waals surface area contributed by atoms with Gasteiger partial charge in [-0.2, -0.15) is 0 Å². The first kappa shape index (κ1) is 34.6. The third-order valence-electron chi connectivity index (χ3n) is 8.85. The van der Waals surface area contributed by atoms with Crippen molar-refractivity contribution in [3.8, 4) is 11.8 Å². The maximum atomic E-state index is 10.4. The average Bonchev–Trinajstić information content (AvgIpc) is 3.23. The summed E-state index contributed by atoms with van der Waals surface area (Å²) in [5.41, 5.74) is 7.67. The number of allylic oxidation sites excluding steroid dienone is 14. The number of hydrogen-bond donors (Lipinski definition) is 2. The van der Waals surface area contributed by atoms with Gasteiger partial charge in [0.25, 0.3) is 0 Å². The van der Waals surface area contributed by atoms with Gasteiger partial charge in [-0.1, -0.05) is 117 Å². The second-order valence-electron chi connectivity index (χ2n) is 14.3. The van der Waals surface area contributed by atoms with Crippen LogP contribution in [-0.2, 0) is 4.74 Å². The van der Waals surface area contributed by atoms with Crippen molar-refractivity contribution >= 4 is 0 Å². The summed E-state index contributed by atoms with van der Waals surface area (Å²) in [4.78, 5) is 0. The van der Waals surface area contributed by atoms with E-state index in [1.54, 1.807) is 0 Å². The molecule has 3 rings (SSSR count). The highest BCUT2D eigenvalue weighted by Gasteiger charge is 2.50. The lowest BCUT2D eigenvalue weighted by atomic mass is 9.65. The Kier molecular flexibility index (Phi) is 11.5. The molecule has 43 heavy (non-hydrogen) atoms. The Balaban J connectivity index is 1.53. The summed E-state index contributed by atoms with van der Waals surface area (Å²) in [6, 6.07) is 0. The van der Waals surface area contributed by atoms with Crippen LogP contribution in [0.5, 0.6) is 0 Å². The molecule has 1 aliphatic heterocycles. The summed E-state index contributed by atoms with van der Waals surface area (Å²) in [7, 11) is 0. The molecule has 2 aliphatic carbocycles. The molecule has 3 heteroatoms. The monoisotopic (exact) mass is 582 g/mol. The number of aliphatic hydroxyl groups excluding tert-OH is 2. The van der Waals surface area contributed by atoms with Gasteiger partial charge in [0.05, 0.1) is 23.9 Å². The Labute approximate surface area is 261 Å². The molecule has 3 nitrogen and oxygen atoms in total. The highest BCUT2D eigenvalue weighted by Crippen LogP contribution is 2.52. The minimum Gasteiger partial charge on any atom is -0.393 e. The van der Waals surface area contributed by atoms with Crippen molar-refractivity contribution in [2.24, 2.45) is 10.8 Å². The fourth-order valence-corrected chi connectivity index (χ4v) is 6.84. The number of rotatable bonds is 7. The maximum Gasteiger partial charge on any atom is 0.0982 e. The van der Waals surface area contributed by atoms with E-state index in [9.17, 15) is 10.2 Å². The fourth-order valence-electron chi connectivity index (χ4n) is 6.84. The van der Waals surface area contributed by atoms with Crippen molar-refractivity contribution in [3.63, 3.8) is 0 Å². The smallest absolute Gasteiger partial charge is 0.0982 e. The summed E-state index contributed by atoms with van der Waals surface area (Å²) in [5.74, 6) is 6.68. The summed E-state index contributed by atoms with van der Waals surface area (Å²) in [6.07, 6.45) is 25.4. The number of fused-ring (bicyclic) bond motifs is 1. The maximum absolute atomic E-state index is 10.4. The molecule has 0 saturated heterocycles. The van der Waals surface area contributed by atoms with Crippen molar-refractivity contribution in [1.29, 1.82) is 0 Å². The molecule has 3 aliphatic rings. The minimum atomic E-state index is -0.384. The quantitative estimate of drug-likeness (QED) is 0.179. The first-order valence-electron chi connectivity index (χ1n) is 15.7. The van der Waals surface area contributed by atoms with Gasteiger partial charge in [0.15, 0.2) is 0 Å². The Morgan fingerprint density at radius 1 is 0.791 bits per heavy atom. The lowest BCUT2D eigenvalue weighted by Gasteiger charge is -2.44. The van der Waals surface area contributed by atoms with E-state index < -0.39 is 0 Å². The predicted molar refractivity (Wildman–Crippen MR) is 182 cm³/mol. The SMILES string of the molecule is CC(C#CC1=C(C)CC(O)CC1(C)C)=CC=CC(C)=CC=CC=C(C)C=CC=C(C)C1C=C2C(C)(C)CC(O)CC2(C)O1. The van der Waals surface area contributed by atoms with Gasteiger partial charge in [0.1, 0.15) is 0 Å². The second-order valence-corrected chi connectivity index (χ2v) is 14.3. The highest BCUT2D eigenvalue weighted by molar-refractivity contribution is 5.45. The third-order valence-corrected chi connectivity index (χ3v) is 8.85. The summed E-state index contributed by atoms with van der Waals surface area (Å²) < 4.78 is 6.46. The third kappa shape index (κ3) is 9.54. The largest absolute Gasteiger partial charge is 0.393 e. The van der Waals surface area contributed by atoms with Gasteiger partial charge < -0.3 is 14.9 Å². The van der Waals surface area contributed by atoms with Crippen molar-refractivity contribution in [2.75, 3.05) is 0 Å².